The molecule has 0 atom stereocenters. The number of rotatable bonds is 4. The molecule has 10 heteroatoms. The average Bonchev–Trinajstić information content (AvgIpc) is 2.94. The van der Waals surface area contributed by atoms with Crippen LogP contribution in [0.5, 0.6) is 5.75 Å². The smallest absolute Gasteiger partial charge is 0.323 e. The van der Waals surface area contributed by atoms with Gasteiger partial charge < -0.3 is 25.3 Å². The lowest BCUT2D eigenvalue weighted by Gasteiger charge is -2.09. The van der Waals surface area contributed by atoms with E-state index in [0.717, 1.165) is 0 Å². The maximum Gasteiger partial charge on any atom is 0.323 e. The Hall–Kier alpha value is -3.82. The Balaban J connectivity index is 1.79. The summed E-state index contributed by atoms with van der Waals surface area (Å²) in [5.74, 6) is 0.305. The van der Waals surface area contributed by atoms with Gasteiger partial charge in [0.1, 0.15) is 11.4 Å². The predicted octanol–water partition coefficient (Wildman–Crippen LogP) is 2.42. The van der Waals surface area contributed by atoms with Crippen molar-refractivity contribution in [3.8, 4) is 5.75 Å². The molecule has 0 saturated heterocycles. The Morgan fingerprint density at radius 2 is 1.88 bits per heavy atom. The highest BCUT2D eigenvalue weighted by Gasteiger charge is 2.17. The second-order valence-electron chi connectivity index (χ2n) is 5.06. The number of nitro benzene ring substituents is 1. The van der Waals surface area contributed by atoms with E-state index in [1.54, 1.807) is 18.2 Å². The maximum atomic E-state index is 12.1. The van der Waals surface area contributed by atoms with E-state index in [2.05, 4.69) is 20.6 Å². The van der Waals surface area contributed by atoms with E-state index in [4.69, 9.17) is 4.74 Å². The third-order valence-electron chi connectivity index (χ3n) is 3.42. The molecule has 2 aromatic carbocycles. The number of benzene rings is 2. The lowest BCUT2D eigenvalue weighted by molar-refractivity contribution is -0.384. The van der Waals surface area contributed by atoms with Crippen LogP contribution in [0.2, 0.25) is 0 Å². The lowest BCUT2D eigenvalue weighted by atomic mass is 10.2. The van der Waals surface area contributed by atoms with Crippen LogP contribution in [0.15, 0.2) is 41.2 Å². The first-order valence-electron chi connectivity index (χ1n) is 7.09. The van der Waals surface area contributed by atoms with Crippen LogP contribution in [-0.2, 0) is 0 Å². The van der Waals surface area contributed by atoms with Crippen LogP contribution in [0, 0.1) is 10.1 Å². The van der Waals surface area contributed by atoms with Crippen molar-refractivity contribution in [1.82, 2.24) is 9.97 Å². The van der Waals surface area contributed by atoms with E-state index in [1.807, 2.05) is 0 Å². The third kappa shape index (κ3) is 3.42. The van der Waals surface area contributed by atoms with E-state index < -0.39 is 11.0 Å². The van der Waals surface area contributed by atoms with E-state index in [0.29, 0.717) is 22.5 Å². The number of amides is 2. The van der Waals surface area contributed by atoms with Crippen molar-refractivity contribution in [3.05, 3.63) is 57.0 Å². The van der Waals surface area contributed by atoms with Crippen LogP contribution in [0.4, 0.5) is 21.9 Å². The molecular weight excluding hydrogens is 330 g/mol. The Labute approximate surface area is 140 Å². The number of urea groups is 1. The molecule has 4 N–H and O–H groups in total. The van der Waals surface area contributed by atoms with Gasteiger partial charge in [0, 0.05) is 5.69 Å². The number of aromatic amines is 2. The summed E-state index contributed by atoms with van der Waals surface area (Å²) in [6.07, 6.45) is 0. The number of H-pyrrole nitrogens is 2. The summed E-state index contributed by atoms with van der Waals surface area (Å²) >= 11 is 0. The molecule has 0 radical (unpaired) electrons. The lowest BCUT2D eigenvalue weighted by Crippen LogP contribution is -2.20. The fourth-order valence-corrected chi connectivity index (χ4v) is 2.29. The second-order valence-corrected chi connectivity index (χ2v) is 5.06. The first-order valence-corrected chi connectivity index (χ1v) is 7.09. The van der Waals surface area contributed by atoms with Crippen molar-refractivity contribution in [3.63, 3.8) is 0 Å². The van der Waals surface area contributed by atoms with E-state index in [-0.39, 0.29) is 17.1 Å². The molecule has 10 nitrogen and oxygen atoms in total. The third-order valence-corrected chi connectivity index (χ3v) is 3.42. The second kappa shape index (κ2) is 6.35. The highest BCUT2D eigenvalue weighted by molar-refractivity contribution is 6.02. The number of carbonyl (C=O) groups is 1. The summed E-state index contributed by atoms with van der Waals surface area (Å²) < 4.78 is 4.94. The summed E-state index contributed by atoms with van der Waals surface area (Å²) in [6, 6.07) is 8.21. The minimum absolute atomic E-state index is 0.0272. The fraction of sp³-hybridized carbons (Fsp3) is 0.0667. The first-order chi connectivity index (χ1) is 12.0. The molecule has 0 aliphatic rings. The zero-order chi connectivity index (χ0) is 18.0. The molecule has 0 saturated carbocycles. The number of ether oxygens (including phenoxy) is 1. The van der Waals surface area contributed by atoms with Gasteiger partial charge in [0.25, 0.3) is 5.69 Å². The van der Waals surface area contributed by atoms with E-state index in [9.17, 15) is 19.7 Å². The standard InChI is InChI=1S/C15H13N5O5/c1-25-9-3-5-11(13(7-9)20(23)24)18-14(21)16-8-2-4-10-12(6-8)19-15(22)17-10/h2-7H,1H3,(H2,16,18,21)(H2,17,19,22). The van der Waals surface area contributed by atoms with Crippen molar-refractivity contribution < 1.29 is 14.5 Å². The normalized spacial score (nSPS) is 10.4. The number of nitrogens with zero attached hydrogens (tertiary/aromatic N) is 1. The number of fused-ring (bicyclic) bond motifs is 1. The van der Waals surface area contributed by atoms with Crippen LogP contribution >= 0.6 is 0 Å². The number of carbonyl (C=O) groups excluding carboxylic acids is 1. The summed E-state index contributed by atoms with van der Waals surface area (Å²) in [7, 11) is 1.39. The van der Waals surface area contributed by atoms with Crippen molar-refractivity contribution in [2.45, 2.75) is 0 Å². The number of nitro groups is 1. The Morgan fingerprint density at radius 1 is 1.12 bits per heavy atom. The highest BCUT2D eigenvalue weighted by Crippen LogP contribution is 2.29. The molecular formula is C15H13N5O5. The van der Waals surface area contributed by atoms with Gasteiger partial charge in [-0.1, -0.05) is 0 Å². The zero-order valence-electron chi connectivity index (χ0n) is 13.0. The predicted molar refractivity (Wildman–Crippen MR) is 91.2 cm³/mol. The van der Waals surface area contributed by atoms with Gasteiger partial charge in [-0.15, -0.1) is 0 Å². The van der Waals surface area contributed by atoms with Crippen LogP contribution in [0.25, 0.3) is 11.0 Å². The molecule has 3 aromatic rings. The zero-order valence-corrected chi connectivity index (χ0v) is 13.0. The van der Waals surface area contributed by atoms with Crippen LogP contribution in [0.3, 0.4) is 0 Å². The quantitative estimate of drug-likeness (QED) is 0.425. The Kier molecular flexibility index (Phi) is 4.08. The van der Waals surface area contributed by atoms with E-state index >= 15 is 0 Å². The van der Waals surface area contributed by atoms with Gasteiger partial charge in [0.05, 0.1) is 29.1 Å². The molecule has 0 aliphatic carbocycles. The van der Waals surface area contributed by atoms with Crippen LogP contribution in [0.1, 0.15) is 0 Å². The van der Waals surface area contributed by atoms with Crippen molar-refractivity contribution in [1.29, 1.82) is 0 Å². The Morgan fingerprint density at radius 3 is 2.60 bits per heavy atom. The minimum atomic E-state index is -0.662. The minimum Gasteiger partial charge on any atom is -0.496 e. The molecule has 0 spiro atoms. The first kappa shape index (κ1) is 16.1. The highest BCUT2D eigenvalue weighted by atomic mass is 16.6. The summed E-state index contributed by atoms with van der Waals surface area (Å²) in [5.41, 5.74) is 0.918. The number of imidazole rings is 1. The van der Waals surface area contributed by atoms with Crippen LogP contribution < -0.4 is 21.1 Å². The summed E-state index contributed by atoms with van der Waals surface area (Å²) in [4.78, 5) is 39.0. The molecule has 0 unspecified atom stereocenters. The number of hydrogen-bond donors (Lipinski definition) is 4. The summed E-state index contributed by atoms with van der Waals surface area (Å²) in [6.45, 7) is 0. The van der Waals surface area contributed by atoms with Gasteiger partial charge >= 0.3 is 11.7 Å². The van der Waals surface area contributed by atoms with Gasteiger partial charge in [0.2, 0.25) is 0 Å². The number of hydrogen-bond acceptors (Lipinski definition) is 5. The molecule has 0 aliphatic heterocycles. The fourth-order valence-electron chi connectivity index (χ4n) is 2.29. The monoisotopic (exact) mass is 343 g/mol. The molecule has 0 bridgehead atoms. The number of anilines is 2. The maximum absolute atomic E-state index is 12.1. The Bertz CT molecular complexity index is 1020. The van der Waals surface area contributed by atoms with Gasteiger partial charge in [0.15, 0.2) is 0 Å². The summed E-state index contributed by atoms with van der Waals surface area (Å²) in [5, 5.41) is 16.1. The molecule has 0 fully saturated rings. The van der Waals surface area contributed by atoms with E-state index in [1.165, 1.54) is 25.3 Å². The number of methoxy groups -OCH3 is 1. The van der Waals surface area contributed by atoms with Gasteiger partial charge in [-0.25, -0.2) is 9.59 Å². The average molecular weight is 343 g/mol. The van der Waals surface area contributed by atoms with Crippen LogP contribution in [-0.4, -0.2) is 28.0 Å². The molecule has 25 heavy (non-hydrogen) atoms. The largest absolute Gasteiger partial charge is 0.496 e. The van der Waals surface area contributed by atoms with Crippen molar-refractivity contribution >= 4 is 34.1 Å². The number of nitrogens with one attached hydrogen (secondary N) is 4. The number of aromatic nitrogens is 2. The van der Waals surface area contributed by atoms with Gasteiger partial charge in [-0.3, -0.25) is 10.1 Å². The topological polar surface area (TPSA) is 142 Å². The molecule has 1 aromatic heterocycles. The molecule has 2 amide bonds. The molecule has 3 rings (SSSR count). The molecule has 1 heterocycles. The SMILES string of the molecule is COc1ccc(NC(=O)Nc2ccc3[nH]c(=O)[nH]c3c2)c([N+](=O)[O-])c1. The van der Waals surface area contributed by atoms with Crippen molar-refractivity contribution in [2.75, 3.05) is 17.7 Å². The van der Waals surface area contributed by atoms with Crippen molar-refractivity contribution in [2.24, 2.45) is 0 Å². The van der Waals surface area contributed by atoms with Gasteiger partial charge in [-0.05, 0) is 30.3 Å². The van der Waals surface area contributed by atoms with Gasteiger partial charge in [-0.2, -0.15) is 0 Å². The molecule has 128 valence electrons.